The summed E-state index contributed by atoms with van der Waals surface area (Å²) in [5, 5.41) is 6.67. The molecule has 1 aromatic carbocycles. The molecule has 0 radical (unpaired) electrons. The topological polar surface area (TPSA) is 49.8 Å². The molecule has 3 rings (SSSR count). The highest BCUT2D eigenvalue weighted by Gasteiger charge is 2.14. The van der Waals surface area contributed by atoms with E-state index < -0.39 is 0 Å². The van der Waals surface area contributed by atoms with Crippen LogP contribution in [-0.2, 0) is 0 Å². The van der Waals surface area contributed by atoms with Crippen molar-refractivity contribution in [3.63, 3.8) is 0 Å². The fourth-order valence-electron chi connectivity index (χ4n) is 2.41. The van der Waals surface area contributed by atoms with Crippen molar-refractivity contribution in [2.45, 2.75) is 19.4 Å². The number of aryl methyl sites for hydroxylation is 1. The second-order valence-electron chi connectivity index (χ2n) is 5.09. The maximum atomic E-state index is 4.42. The lowest BCUT2D eigenvalue weighted by Crippen LogP contribution is -2.23. The molecule has 1 aromatic heterocycles. The van der Waals surface area contributed by atoms with Crippen molar-refractivity contribution in [2.75, 3.05) is 18.4 Å². The zero-order valence-electron chi connectivity index (χ0n) is 11.4. The highest BCUT2D eigenvalue weighted by molar-refractivity contribution is 9.10. The standard InChI is InChI=1S/C15H17BrN4/c1-10-2-3-12(16)6-14(10)11-7-18-15(19-8-11)20-13-4-5-17-9-13/h2-3,6-8,13,17H,4-5,9H2,1H3,(H,18,19,20). The van der Waals surface area contributed by atoms with Gasteiger partial charge in [0, 0.05) is 35.0 Å². The van der Waals surface area contributed by atoms with Gasteiger partial charge in [0.25, 0.3) is 0 Å². The summed E-state index contributed by atoms with van der Waals surface area (Å²) in [6.45, 7) is 4.14. The van der Waals surface area contributed by atoms with E-state index in [1.807, 2.05) is 18.5 Å². The average Bonchev–Trinajstić information content (AvgIpc) is 2.95. The second-order valence-corrected chi connectivity index (χ2v) is 6.00. The summed E-state index contributed by atoms with van der Waals surface area (Å²) in [5.74, 6) is 0.704. The summed E-state index contributed by atoms with van der Waals surface area (Å²) in [4.78, 5) is 8.85. The molecule has 0 bridgehead atoms. The Kier molecular flexibility index (Phi) is 3.98. The molecule has 5 heteroatoms. The molecule has 1 atom stereocenters. The van der Waals surface area contributed by atoms with E-state index in [1.54, 1.807) is 0 Å². The number of hydrogen-bond acceptors (Lipinski definition) is 4. The molecule has 2 heterocycles. The van der Waals surface area contributed by atoms with Gasteiger partial charge in [-0.15, -0.1) is 0 Å². The van der Waals surface area contributed by atoms with Crippen LogP contribution in [0.2, 0.25) is 0 Å². The molecule has 0 spiro atoms. The molecule has 1 aliphatic heterocycles. The molecule has 1 unspecified atom stereocenters. The number of nitrogens with one attached hydrogen (secondary N) is 2. The van der Waals surface area contributed by atoms with Crippen LogP contribution in [0.5, 0.6) is 0 Å². The Morgan fingerprint density at radius 2 is 2.10 bits per heavy atom. The van der Waals surface area contributed by atoms with Crippen molar-refractivity contribution < 1.29 is 0 Å². The Morgan fingerprint density at radius 1 is 1.30 bits per heavy atom. The lowest BCUT2D eigenvalue weighted by molar-refractivity contribution is 0.780. The van der Waals surface area contributed by atoms with E-state index in [0.717, 1.165) is 35.1 Å². The zero-order valence-corrected chi connectivity index (χ0v) is 12.9. The first-order valence-electron chi connectivity index (χ1n) is 6.78. The molecule has 104 valence electrons. The first kappa shape index (κ1) is 13.5. The number of rotatable bonds is 3. The van der Waals surface area contributed by atoms with Crippen molar-refractivity contribution in [1.82, 2.24) is 15.3 Å². The summed E-state index contributed by atoms with van der Waals surface area (Å²) < 4.78 is 1.07. The molecule has 1 fully saturated rings. The van der Waals surface area contributed by atoms with E-state index in [9.17, 15) is 0 Å². The molecule has 4 nitrogen and oxygen atoms in total. The highest BCUT2D eigenvalue weighted by atomic mass is 79.9. The van der Waals surface area contributed by atoms with Crippen LogP contribution in [0.15, 0.2) is 35.1 Å². The van der Waals surface area contributed by atoms with E-state index in [2.05, 4.69) is 55.6 Å². The lowest BCUT2D eigenvalue weighted by atomic mass is 10.0. The smallest absolute Gasteiger partial charge is 0.222 e. The van der Waals surface area contributed by atoms with Gasteiger partial charge in [-0.25, -0.2) is 9.97 Å². The molecule has 1 saturated heterocycles. The Hall–Kier alpha value is -1.46. The van der Waals surface area contributed by atoms with Gasteiger partial charge in [-0.05, 0) is 43.1 Å². The number of nitrogens with zero attached hydrogens (tertiary/aromatic N) is 2. The van der Waals surface area contributed by atoms with Crippen LogP contribution in [-0.4, -0.2) is 29.1 Å². The van der Waals surface area contributed by atoms with Crippen LogP contribution in [0.25, 0.3) is 11.1 Å². The van der Waals surface area contributed by atoms with Gasteiger partial charge in [0.1, 0.15) is 0 Å². The molecule has 1 aliphatic rings. The molecule has 0 saturated carbocycles. The fourth-order valence-corrected chi connectivity index (χ4v) is 2.77. The van der Waals surface area contributed by atoms with Crippen molar-refractivity contribution in [3.05, 3.63) is 40.6 Å². The zero-order chi connectivity index (χ0) is 13.9. The summed E-state index contributed by atoms with van der Waals surface area (Å²) in [5.41, 5.74) is 3.42. The van der Waals surface area contributed by atoms with Gasteiger partial charge >= 0.3 is 0 Å². The predicted molar refractivity (Wildman–Crippen MR) is 84.8 cm³/mol. The quantitative estimate of drug-likeness (QED) is 0.907. The number of hydrogen-bond donors (Lipinski definition) is 2. The Bertz CT molecular complexity index is 591. The van der Waals surface area contributed by atoms with Crippen LogP contribution in [0.1, 0.15) is 12.0 Å². The summed E-state index contributed by atoms with van der Waals surface area (Å²) in [6.07, 6.45) is 4.88. The van der Waals surface area contributed by atoms with Gasteiger partial charge in [-0.2, -0.15) is 0 Å². The lowest BCUT2D eigenvalue weighted by Gasteiger charge is -2.11. The average molecular weight is 333 g/mol. The van der Waals surface area contributed by atoms with Gasteiger partial charge in [0.2, 0.25) is 5.95 Å². The van der Waals surface area contributed by atoms with Crippen molar-refractivity contribution in [2.24, 2.45) is 0 Å². The van der Waals surface area contributed by atoms with Crippen LogP contribution >= 0.6 is 15.9 Å². The molecule has 20 heavy (non-hydrogen) atoms. The monoisotopic (exact) mass is 332 g/mol. The summed E-state index contributed by atoms with van der Waals surface area (Å²) >= 11 is 3.51. The highest BCUT2D eigenvalue weighted by Crippen LogP contribution is 2.26. The molecular formula is C15H17BrN4. The number of benzene rings is 1. The molecule has 2 N–H and O–H groups in total. The van der Waals surface area contributed by atoms with Crippen molar-refractivity contribution in [1.29, 1.82) is 0 Å². The van der Waals surface area contributed by atoms with E-state index >= 15 is 0 Å². The number of aromatic nitrogens is 2. The van der Waals surface area contributed by atoms with Crippen LogP contribution < -0.4 is 10.6 Å². The van der Waals surface area contributed by atoms with Crippen LogP contribution in [0.4, 0.5) is 5.95 Å². The summed E-state index contributed by atoms with van der Waals surface area (Å²) in [6, 6.07) is 6.67. The molecular weight excluding hydrogens is 316 g/mol. The molecule has 0 aliphatic carbocycles. The minimum Gasteiger partial charge on any atom is -0.350 e. The third-order valence-corrected chi connectivity index (χ3v) is 4.05. The fraction of sp³-hybridized carbons (Fsp3) is 0.333. The van der Waals surface area contributed by atoms with E-state index in [4.69, 9.17) is 0 Å². The van der Waals surface area contributed by atoms with Crippen LogP contribution in [0, 0.1) is 6.92 Å². The molecule has 2 aromatic rings. The van der Waals surface area contributed by atoms with Gasteiger partial charge < -0.3 is 10.6 Å². The minimum atomic E-state index is 0.438. The summed E-state index contributed by atoms with van der Waals surface area (Å²) in [7, 11) is 0. The van der Waals surface area contributed by atoms with Gasteiger partial charge in [-0.3, -0.25) is 0 Å². The first-order chi connectivity index (χ1) is 9.72. The van der Waals surface area contributed by atoms with Crippen LogP contribution in [0.3, 0.4) is 0 Å². The van der Waals surface area contributed by atoms with Gasteiger partial charge in [0.15, 0.2) is 0 Å². The molecule has 0 amide bonds. The largest absolute Gasteiger partial charge is 0.350 e. The Labute approximate surface area is 127 Å². The number of anilines is 1. The van der Waals surface area contributed by atoms with E-state index in [1.165, 1.54) is 5.56 Å². The Morgan fingerprint density at radius 3 is 2.80 bits per heavy atom. The Balaban J connectivity index is 1.79. The second kappa shape index (κ2) is 5.89. The van der Waals surface area contributed by atoms with Crippen molar-refractivity contribution >= 4 is 21.9 Å². The minimum absolute atomic E-state index is 0.438. The first-order valence-corrected chi connectivity index (χ1v) is 7.57. The maximum absolute atomic E-state index is 4.42. The van der Waals surface area contributed by atoms with Gasteiger partial charge in [-0.1, -0.05) is 22.0 Å². The SMILES string of the molecule is Cc1ccc(Br)cc1-c1cnc(NC2CCNC2)nc1. The normalized spacial score (nSPS) is 18.2. The van der Waals surface area contributed by atoms with E-state index in [0.29, 0.717) is 12.0 Å². The maximum Gasteiger partial charge on any atom is 0.222 e. The third kappa shape index (κ3) is 2.99. The van der Waals surface area contributed by atoms with Crippen molar-refractivity contribution in [3.8, 4) is 11.1 Å². The van der Waals surface area contributed by atoms with Gasteiger partial charge in [0.05, 0.1) is 0 Å². The number of halogens is 1. The predicted octanol–water partition coefficient (Wildman–Crippen LogP) is 2.99. The third-order valence-electron chi connectivity index (χ3n) is 3.56. The van der Waals surface area contributed by atoms with E-state index in [-0.39, 0.29) is 0 Å².